The van der Waals surface area contributed by atoms with Crippen LogP contribution in [0.3, 0.4) is 0 Å². The molecule has 3 N–H and O–H groups in total. The average Bonchev–Trinajstić information content (AvgIpc) is 2.38. The first kappa shape index (κ1) is 13.3. The molecule has 2 rings (SSSR count). The van der Waals surface area contributed by atoms with Gasteiger partial charge >= 0.3 is 5.97 Å². The Labute approximate surface area is 118 Å². The number of carboxylic acids is 1. The highest BCUT2D eigenvalue weighted by molar-refractivity contribution is 9.10. The van der Waals surface area contributed by atoms with Crippen LogP contribution in [0.15, 0.2) is 46.9 Å². The number of carbonyl (C=O) groups excluding carboxylic acids is 1. The van der Waals surface area contributed by atoms with Crippen LogP contribution in [0.4, 0.5) is 5.69 Å². The Bertz CT molecular complexity index is 667. The van der Waals surface area contributed by atoms with Gasteiger partial charge in [-0.05, 0) is 24.3 Å². The second-order valence-electron chi connectivity index (χ2n) is 3.91. The molecule has 0 aliphatic carbocycles. The van der Waals surface area contributed by atoms with Gasteiger partial charge in [-0.2, -0.15) is 0 Å². The zero-order valence-corrected chi connectivity index (χ0v) is 11.3. The Morgan fingerprint density at radius 3 is 2.21 bits per heavy atom. The second kappa shape index (κ2) is 5.24. The van der Waals surface area contributed by atoms with Gasteiger partial charge in [-0.15, -0.1) is 0 Å². The van der Waals surface area contributed by atoms with E-state index in [1.165, 1.54) is 12.1 Å². The zero-order valence-electron chi connectivity index (χ0n) is 9.76. The lowest BCUT2D eigenvalue weighted by Crippen LogP contribution is -2.11. The van der Waals surface area contributed by atoms with Gasteiger partial charge in [0.25, 0.3) is 0 Å². The number of hydrogen-bond donors (Lipinski definition) is 2. The van der Waals surface area contributed by atoms with Crippen molar-refractivity contribution in [3.8, 4) is 0 Å². The number of nitrogen functional groups attached to an aromatic ring is 1. The zero-order chi connectivity index (χ0) is 14.0. The van der Waals surface area contributed by atoms with E-state index in [4.69, 9.17) is 10.8 Å². The van der Waals surface area contributed by atoms with Gasteiger partial charge in [-0.1, -0.05) is 34.1 Å². The van der Waals surface area contributed by atoms with Crippen LogP contribution in [0.2, 0.25) is 0 Å². The SMILES string of the molecule is Nc1cc(Br)ccc1C(=O)c1ccccc1C(=O)O. The smallest absolute Gasteiger partial charge is 0.336 e. The van der Waals surface area contributed by atoms with Gasteiger partial charge in [0, 0.05) is 21.3 Å². The minimum atomic E-state index is -1.14. The van der Waals surface area contributed by atoms with Crippen molar-refractivity contribution in [3.05, 3.63) is 63.6 Å². The normalized spacial score (nSPS) is 10.2. The third-order valence-corrected chi connectivity index (χ3v) is 3.15. The van der Waals surface area contributed by atoms with Crippen molar-refractivity contribution in [3.63, 3.8) is 0 Å². The number of hydrogen-bond acceptors (Lipinski definition) is 3. The summed E-state index contributed by atoms with van der Waals surface area (Å²) in [6, 6.07) is 10.9. The summed E-state index contributed by atoms with van der Waals surface area (Å²) in [6.07, 6.45) is 0. The highest BCUT2D eigenvalue weighted by Crippen LogP contribution is 2.22. The van der Waals surface area contributed by atoms with E-state index in [1.807, 2.05) is 0 Å². The van der Waals surface area contributed by atoms with Crippen molar-refractivity contribution < 1.29 is 14.7 Å². The van der Waals surface area contributed by atoms with Crippen LogP contribution in [0.5, 0.6) is 0 Å². The van der Waals surface area contributed by atoms with E-state index in [9.17, 15) is 9.59 Å². The molecule has 5 heteroatoms. The molecule has 0 amide bonds. The molecule has 2 aromatic rings. The molecule has 0 fully saturated rings. The third-order valence-electron chi connectivity index (χ3n) is 2.66. The Morgan fingerprint density at radius 1 is 1.00 bits per heavy atom. The number of ketones is 1. The van der Waals surface area contributed by atoms with E-state index in [1.54, 1.807) is 30.3 Å². The summed E-state index contributed by atoms with van der Waals surface area (Å²) in [5.74, 6) is -1.54. The lowest BCUT2D eigenvalue weighted by molar-refractivity contribution is 0.0693. The van der Waals surface area contributed by atoms with Crippen LogP contribution in [0, 0.1) is 0 Å². The molecule has 0 spiro atoms. The summed E-state index contributed by atoms with van der Waals surface area (Å²) in [6.45, 7) is 0. The molecule has 0 aliphatic heterocycles. The molecule has 0 heterocycles. The number of benzene rings is 2. The molecule has 0 saturated heterocycles. The van der Waals surface area contributed by atoms with Crippen molar-refractivity contribution in [1.29, 1.82) is 0 Å². The van der Waals surface area contributed by atoms with E-state index in [-0.39, 0.29) is 16.7 Å². The fourth-order valence-corrected chi connectivity index (χ4v) is 2.13. The van der Waals surface area contributed by atoms with Gasteiger partial charge in [-0.25, -0.2) is 4.79 Å². The number of nitrogens with two attached hydrogens (primary N) is 1. The molecule has 96 valence electrons. The fourth-order valence-electron chi connectivity index (χ4n) is 1.75. The highest BCUT2D eigenvalue weighted by Gasteiger charge is 2.19. The maximum atomic E-state index is 12.3. The Morgan fingerprint density at radius 2 is 1.63 bits per heavy atom. The number of rotatable bonds is 3. The maximum Gasteiger partial charge on any atom is 0.336 e. The number of carboxylic acid groups (broad SMARTS) is 1. The van der Waals surface area contributed by atoms with E-state index in [0.29, 0.717) is 5.69 Å². The summed E-state index contributed by atoms with van der Waals surface area (Å²) in [5, 5.41) is 9.08. The Hall–Kier alpha value is -2.14. The van der Waals surface area contributed by atoms with E-state index >= 15 is 0 Å². The van der Waals surface area contributed by atoms with Crippen LogP contribution in [-0.4, -0.2) is 16.9 Å². The van der Waals surface area contributed by atoms with Crippen LogP contribution in [0.25, 0.3) is 0 Å². The first-order chi connectivity index (χ1) is 9.00. The van der Waals surface area contributed by atoms with Gasteiger partial charge in [0.1, 0.15) is 0 Å². The molecule has 2 aromatic carbocycles. The van der Waals surface area contributed by atoms with Crippen molar-refractivity contribution in [1.82, 2.24) is 0 Å². The van der Waals surface area contributed by atoms with Gasteiger partial charge in [-0.3, -0.25) is 4.79 Å². The standard InChI is InChI=1S/C14H10BrNO3/c15-8-5-6-11(12(16)7-8)13(17)9-3-1-2-4-10(9)14(18)19/h1-7H,16H2,(H,18,19). The fraction of sp³-hybridized carbons (Fsp3) is 0. The molecule has 0 aromatic heterocycles. The lowest BCUT2D eigenvalue weighted by Gasteiger charge is -2.07. The monoisotopic (exact) mass is 319 g/mol. The molecule has 0 saturated carbocycles. The van der Waals surface area contributed by atoms with Gasteiger partial charge < -0.3 is 10.8 Å². The van der Waals surface area contributed by atoms with Gasteiger partial charge in [0.2, 0.25) is 0 Å². The van der Waals surface area contributed by atoms with Crippen molar-refractivity contribution in [2.24, 2.45) is 0 Å². The lowest BCUT2D eigenvalue weighted by atomic mass is 9.97. The van der Waals surface area contributed by atoms with Crippen molar-refractivity contribution in [2.45, 2.75) is 0 Å². The molecule has 0 atom stereocenters. The summed E-state index contributed by atoms with van der Waals surface area (Å²) < 4.78 is 0.757. The number of halogens is 1. The minimum Gasteiger partial charge on any atom is -0.478 e. The van der Waals surface area contributed by atoms with Crippen LogP contribution < -0.4 is 5.73 Å². The number of aromatic carboxylic acids is 1. The van der Waals surface area contributed by atoms with E-state index < -0.39 is 11.8 Å². The number of anilines is 1. The van der Waals surface area contributed by atoms with Gasteiger partial charge in [0.05, 0.1) is 5.56 Å². The summed E-state index contributed by atoms with van der Waals surface area (Å²) in [5.41, 5.74) is 6.48. The van der Waals surface area contributed by atoms with Crippen LogP contribution in [-0.2, 0) is 0 Å². The topological polar surface area (TPSA) is 80.4 Å². The second-order valence-corrected chi connectivity index (χ2v) is 4.83. The molecule has 0 radical (unpaired) electrons. The molecule has 0 unspecified atom stereocenters. The molecule has 0 aliphatic rings. The predicted molar refractivity (Wildman–Crippen MR) is 75.4 cm³/mol. The molecular weight excluding hydrogens is 310 g/mol. The van der Waals surface area contributed by atoms with Gasteiger partial charge in [0.15, 0.2) is 5.78 Å². The van der Waals surface area contributed by atoms with E-state index in [0.717, 1.165) is 4.47 Å². The van der Waals surface area contributed by atoms with Crippen molar-refractivity contribution >= 4 is 33.4 Å². The quantitative estimate of drug-likeness (QED) is 0.673. The third kappa shape index (κ3) is 2.66. The first-order valence-corrected chi connectivity index (χ1v) is 6.22. The average molecular weight is 320 g/mol. The van der Waals surface area contributed by atoms with Crippen LogP contribution >= 0.6 is 15.9 Å². The predicted octanol–water partition coefficient (Wildman–Crippen LogP) is 2.96. The summed E-state index contributed by atoms with van der Waals surface area (Å²) in [4.78, 5) is 23.5. The molecular formula is C14H10BrNO3. The number of carbonyl (C=O) groups is 2. The Balaban J connectivity index is 2.53. The highest BCUT2D eigenvalue weighted by atomic mass is 79.9. The first-order valence-electron chi connectivity index (χ1n) is 5.42. The molecule has 0 bridgehead atoms. The minimum absolute atomic E-state index is 0.0326. The van der Waals surface area contributed by atoms with Crippen molar-refractivity contribution in [2.75, 3.05) is 5.73 Å². The van der Waals surface area contributed by atoms with Crippen LogP contribution in [0.1, 0.15) is 26.3 Å². The summed E-state index contributed by atoms with van der Waals surface area (Å²) >= 11 is 3.25. The molecule has 4 nitrogen and oxygen atoms in total. The summed E-state index contributed by atoms with van der Waals surface area (Å²) in [7, 11) is 0. The molecule has 19 heavy (non-hydrogen) atoms. The largest absolute Gasteiger partial charge is 0.478 e. The van der Waals surface area contributed by atoms with E-state index in [2.05, 4.69) is 15.9 Å². The Kier molecular flexibility index (Phi) is 3.66. The maximum absolute atomic E-state index is 12.3.